The van der Waals surface area contributed by atoms with Gasteiger partial charge in [0.05, 0.1) is 38.8 Å². The first-order valence-corrected chi connectivity index (χ1v) is 10.2. The Kier molecular flexibility index (Phi) is 4.12. The first-order valence-electron chi connectivity index (χ1n) is 8.70. The molecule has 28 heavy (non-hydrogen) atoms. The van der Waals surface area contributed by atoms with E-state index in [9.17, 15) is 4.55 Å². The lowest BCUT2D eigenvalue weighted by Crippen LogP contribution is -2.07. The number of nitrogens with one attached hydrogen (secondary N) is 1. The van der Waals surface area contributed by atoms with Gasteiger partial charge in [0.1, 0.15) is 5.82 Å². The van der Waals surface area contributed by atoms with E-state index in [1.165, 1.54) is 0 Å². The molecule has 5 rings (SSSR count). The second-order valence-corrected chi connectivity index (χ2v) is 8.25. The quantitative estimate of drug-likeness (QED) is 0.431. The van der Waals surface area contributed by atoms with Crippen molar-refractivity contribution in [3.05, 3.63) is 71.8 Å². The molecule has 5 aromatic rings. The molecular formula is C21H15ClN4OS. The Bertz CT molecular complexity index is 1290. The summed E-state index contributed by atoms with van der Waals surface area (Å²) in [4.78, 5) is 13.1. The van der Waals surface area contributed by atoms with E-state index < -0.39 is 11.2 Å². The molecule has 1 atom stereocenters. The van der Waals surface area contributed by atoms with E-state index in [0.29, 0.717) is 15.1 Å². The van der Waals surface area contributed by atoms with Gasteiger partial charge in [-0.1, -0.05) is 35.9 Å². The number of rotatable bonds is 3. The van der Waals surface area contributed by atoms with Crippen LogP contribution in [-0.2, 0) is 18.2 Å². The first-order chi connectivity index (χ1) is 13.6. The van der Waals surface area contributed by atoms with Crippen molar-refractivity contribution >= 4 is 44.8 Å². The molecule has 5 nitrogen and oxygen atoms in total. The van der Waals surface area contributed by atoms with Crippen LogP contribution >= 0.6 is 11.6 Å². The number of nitrogens with zero attached hydrogens (tertiary/aromatic N) is 3. The van der Waals surface area contributed by atoms with Gasteiger partial charge in [0.2, 0.25) is 0 Å². The number of hydrogen-bond donors (Lipinski definition) is 1. The average molecular weight is 407 g/mol. The predicted molar refractivity (Wildman–Crippen MR) is 112 cm³/mol. The Morgan fingerprint density at radius 3 is 2.61 bits per heavy atom. The van der Waals surface area contributed by atoms with Crippen molar-refractivity contribution in [2.45, 2.75) is 10.1 Å². The lowest BCUT2D eigenvalue weighted by atomic mass is 10.2. The topological polar surface area (TPSA) is 69.6 Å². The van der Waals surface area contributed by atoms with Crippen molar-refractivity contribution in [3.8, 4) is 11.4 Å². The summed E-state index contributed by atoms with van der Waals surface area (Å²) in [5, 5.41) is 1.06. The fourth-order valence-electron chi connectivity index (χ4n) is 3.35. The van der Waals surface area contributed by atoms with E-state index in [4.69, 9.17) is 16.6 Å². The third kappa shape index (κ3) is 2.77. The minimum Gasteiger partial charge on any atom is -0.604 e. The van der Waals surface area contributed by atoms with Crippen molar-refractivity contribution in [2.24, 2.45) is 7.05 Å². The Labute approximate surface area is 169 Å². The second kappa shape index (κ2) is 6.67. The van der Waals surface area contributed by atoms with Crippen LogP contribution < -0.4 is 0 Å². The normalized spacial score (nSPS) is 12.7. The first kappa shape index (κ1) is 17.3. The Hall–Kier alpha value is -2.80. The highest BCUT2D eigenvalue weighted by molar-refractivity contribution is 7.91. The van der Waals surface area contributed by atoms with Gasteiger partial charge < -0.3 is 9.12 Å². The number of halogens is 1. The highest BCUT2D eigenvalue weighted by Gasteiger charge is 2.25. The maximum atomic E-state index is 13.3. The van der Waals surface area contributed by atoms with Crippen LogP contribution in [-0.4, -0.2) is 24.1 Å². The largest absolute Gasteiger partial charge is 0.604 e. The van der Waals surface area contributed by atoms with E-state index in [0.717, 1.165) is 33.5 Å². The SMILES string of the molecule is Cn1c(-c2ccccc2[S+]([O-])c2nc3ccccc3[nH]2)nc2cc(Cl)ccc21. The van der Waals surface area contributed by atoms with Gasteiger partial charge in [0.25, 0.3) is 0 Å². The highest BCUT2D eigenvalue weighted by Crippen LogP contribution is 2.32. The molecule has 0 saturated carbocycles. The van der Waals surface area contributed by atoms with Crippen molar-refractivity contribution in [1.82, 2.24) is 19.5 Å². The summed E-state index contributed by atoms with van der Waals surface area (Å²) in [7, 11) is 1.94. The van der Waals surface area contributed by atoms with Gasteiger partial charge >= 0.3 is 5.16 Å². The van der Waals surface area contributed by atoms with Crippen molar-refractivity contribution in [2.75, 3.05) is 0 Å². The summed E-state index contributed by atoms with van der Waals surface area (Å²) in [6, 6.07) is 20.8. The van der Waals surface area contributed by atoms with Crippen molar-refractivity contribution in [3.63, 3.8) is 0 Å². The van der Waals surface area contributed by atoms with Crippen LogP contribution in [0.4, 0.5) is 0 Å². The van der Waals surface area contributed by atoms with Gasteiger partial charge in [-0.15, -0.1) is 0 Å². The summed E-state index contributed by atoms with van der Waals surface area (Å²) in [6.07, 6.45) is 0. The fourth-order valence-corrected chi connectivity index (χ4v) is 4.67. The zero-order valence-electron chi connectivity index (χ0n) is 14.9. The van der Waals surface area contributed by atoms with Crippen LogP contribution in [0.25, 0.3) is 33.5 Å². The van der Waals surface area contributed by atoms with Gasteiger partial charge in [0, 0.05) is 12.1 Å². The molecule has 138 valence electrons. The molecule has 0 radical (unpaired) electrons. The number of aromatic nitrogens is 4. The maximum absolute atomic E-state index is 13.3. The molecule has 0 fully saturated rings. The molecule has 7 heteroatoms. The number of aryl methyl sites for hydroxylation is 1. The van der Waals surface area contributed by atoms with Crippen LogP contribution in [0, 0.1) is 0 Å². The highest BCUT2D eigenvalue weighted by atomic mass is 35.5. The van der Waals surface area contributed by atoms with Crippen LogP contribution in [0.2, 0.25) is 5.02 Å². The summed E-state index contributed by atoms with van der Waals surface area (Å²) >= 11 is 4.64. The standard InChI is InChI=1S/C21H15ClN4OS/c1-26-18-11-10-13(22)12-17(18)23-20(26)14-6-2-5-9-19(14)28(27)21-24-15-7-3-4-8-16(15)25-21/h2-12H,1H3,(H,24,25). The number of fused-ring (bicyclic) bond motifs is 2. The smallest absolute Gasteiger partial charge is 0.327 e. The minimum atomic E-state index is -1.47. The van der Waals surface area contributed by atoms with Gasteiger partial charge in [-0.25, -0.2) is 4.98 Å². The fraction of sp³-hybridized carbons (Fsp3) is 0.0476. The predicted octanol–water partition coefficient (Wildman–Crippen LogP) is 4.94. The molecule has 0 aliphatic rings. The molecule has 2 heterocycles. The summed E-state index contributed by atoms with van der Waals surface area (Å²) in [5.74, 6) is 0.734. The van der Waals surface area contributed by atoms with Gasteiger partial charge in [0.15, 0.2) is 4.90 Å². The molecule has 1 unspecified atom stereocenters. The van der Waals surface area contributed by atoms with Crippen molar-refractivity contribution < 1.29 is 4.55 Å². The molecule has 0 aliphatic carbocycles. The zero-order valence-corrected chi connectivity index (χ0v) is 16.5. The second-order valence-electron chi connectivity index (χ2n) is 6.45. The van der Waals surface area contributed by atoms with E-state index in [1.807, 2.05) is 78.3 Å². The molecule has 2 aromatic heterocycles. The Balaban J connectivity index is 1.66. The van der Waals surface area contributed by atoms with Gasteiger partial charge in [-0.05, 0) is 42.5 Å². The molecule has 1 N–H and O–H groups in total. The Morgan fingerprint density at radius 1 is 0.964 bits per heavy atom. The molecule has 0 aliphatic heterocycles. The third-order valence-electron chi connectivity index (χ3n) is 4.71. The van der Waals surface area contributed by atoms with Gasteiger partial charge in [-0.3, -0.25) is 4.98 Å². The van der Waals surface area contributed by atoms with Crippen LogP contribution in [0.1, 0.15) is 0 Å². The maximum Gasteiger partial charge on any atom is 0.327 e. The minimum absolute atomic E-state index is 0.426. The molecule has 0 spiro atoms. The molecule has 3 aromatic carbocycles. The Morgan fingerprint density at radius 2 is 1.75 bits per heavy atom. The summed E-state index contributed by atoms with van der Waals surface area (Å²) in [5.41, 5.74) is 4.22. The van der Waals surface area contributed by atoms with Crippen LogP contribution in [0.3, 0.4) is 0 Å². The number of H-pyrrole nitrogens is 1. The molecule has 0 amide bonds. The number of aromatic amines is 1. The van der Waals surface area contributed by atoms with E-state index in [1.54, 1.807) is 0 Å². The number of hydrogen-bond acceptors (Lipinski definition) is 3. The average Bonchev–Trinajstić information content (AvgIpc) is 3.28. The molecule has 0 bridgehead atoms. The lowest BCUT2D eigenvalue weighted by Gasteiger charge is -2.11. The van der Waals surface area contributed by atoms with Crippen molar-refractivity contribution in [1.29, 1.82) is 0 Å². The number of benzene rings is 3. The van der Waals surface area contributed by atoms with Crippen LogP contribution in [0.15, 0.2) is 76.8 Å². The summed E-state index contributed by atoms with van der Waals surface area (Å²) < 4.78 is 15.3. The third-order valence-corrected chi connectivity index (χ3v) is 6.25. The molecule has 0 saturated heterocycles. The zero-order chi connectivity index (χ0) is 19.3. The monoisotopic (exact) mass is 406 g/mol. The van der Waals surface area contributed by atoms with Crippen LogP contribution in [0.5, 0.6) is 0 Å². The number of para-hydroxylation sites is 2. The summed E-state index contributed by atoms with van der Waals surface area (Å²) in [6.45, 7) is 0. The van der Waals surface area contributed by atoms with E-state index >= 15 is 0 Å². The molecular weight excluding hydrogens is 392 g/mol. The lowest BCUT2D eigenvalue weighted by molar-refractivity contribution is 0.588. The van der Waals surface area contributed by atoms with Gasteiger partial charge in [-0.2, -0.15) is 4.98 Å². The van der Waals surface area contributed by atoms with E-state index in [-0.39, 0.29) is 0 Å². The number of imidazole rings is 2. The van der Waals surface area contributed by atoms with E-state index in [2.05, 4.69) is 9.97 Å².